The van der Waals surface area contributed by atoms with Crippen molar-refractivity contribution in [2.75, 3.05) is 13.6 Å². The fraction of sp³-hybridized carbons (Fsp3) is 0.778. The molecule has 0 bridgehead atoms. The summed E-state index contributed by atoms with van der Waals surface area (Å²) in [5.74, 6) is -0.162. The van der Waals surface area contributed by atoms with E-state index < -0.39 is 6.04 Å². The van der Waals surface area contributed by atoms with Gasteiger partial charge in [-0.2, -0.15) is 0 Å². The number of likely N-dealkylation sites (N-methyl/N-ethyl adjacent to an activating group) is 1. The van der Waals surface area contributed by atoms with Crippen molar-refractivity contribution >= 4 is 11.8 Å². The normalized spacial score (nSPS) is 11.9. The first-order valence-electron chi connectivity index (χ1n) is 4.79. The molecule has 0 aromatic heterocycles. The van der Waals surface area contributed by atoms with Crippen LogP contribution in [-0.4, -0.2) is 31.4 Å². The lowest BCUT2D eigenvalue weighted by Gasteiger charge is -2.09. The second-order valence-corrected chi connectivity index (χ2v) is 3.20. The van der Waals surface area contributed by atoms with Crippen LogP contribution in [-0.2, 0) is 9.59 Å². The SMILES string of the molecule is CNC(=O)[C@@H](N)CCCCNC(C)=O. The number of carbonyl (C=O) groups excluding carboxylic acids is 2. The van der Waals surface area contributed by atoms with Crippen LogP contribution in [0.3, 0.4) is 0 Å². The molecule has 5 nitrogen and oxygen atoms in total. The Balaban J connectivity index is 3.36. The highest BCUT2D eigenvalue weighted by Gasteiger charge is 2.09. The number of amides is 2. The Morgan fingerprint density at radius 2 is 2.00 bits per heavy atom. The molecule has 0 saturated carbocycles. The Labute approximate surface area is 84.4 Å². The van der Waals surface area contributed by atoms with Gasteiger partial charge in [0, 0.05) is 20.5 Å². The topological polar surface area (TPSA) is 84.2 Å². The van der Waals surface area contributed by atoms with Crippen molar-refractivity contribution in [2.24, 2.45) is 5.73 Å². The van der Waals surface area contributed by atoms with Gasteiger partial charge in [0.2, 0.25) is 11.8 Å². The highest BCUT2D eigenvalue weighted by molar-refractivity contribution is 5.81. The highest BCUT2D eigenvalue weighted by atomic mass is 16.2. The summed E-state index contributed by atoms with van der Waals surface area (Å²) < 4.78 is 0. The predicted octanol–water partition coefficient (Wildman–Crippen LogP) is -0.634. The second kappa shape index (κ2) is 7.32. The minimum atomic E-state index is -0.433. The Morgan fingerprint density at radius 1 is 1.36 bits per heavy atom. The molecule has 0 heterocycles. The molecule has 0 aliphatic heterocycles. The summed E-state index contributed by atoms with van der Waals surface area (Å²) >= 11 is 0. The van der Waals surface area contributed by atoms with E-state index in [9.17, 15) is 9.59 Å². The molecule has 4 N–H and O–H groups in total. The molecule has 5 heteroatoms. The Morgan fingerprint density at radius 3 is 2.50 bits per heavy atom. The minimum absolute atomic E-state index is 0.0272. The summed E-state index contributed by atoms with van der Waals surface area (Å²) in [4.78, 5) is 21.5. The average Bonchev–Trinajstić information content (AvgIpc) is 2.15. The summed E-state index contributed by atoms with van der Waals surface area (Å²) in [7, 11) is 1.57. The summed E-state index contributed by atoms with van der Waals surface area (Å²) in [5, 5.41) is 5.17. The van der Waals surface area contributed by atoms with Gasteiger partial charge in [0.05, 0.1) is 6.04 Å². The van der Waals surface area contributed by atoms with Gasteiger partial charge >= 0.3 is 0 Å². The number of hydrogen-bond acceptors (Lipinski definition) is 3. The maximum absolute atomic E-state index is 11.0. The number of nitrogens with two attached hydrogens (primary N) is 1. The van der Waals surface area contributed by atoms with E-state index >= 15 is 0 Å². The number of rotatable bonds is 6. The largest absolute Gasteiger partial charge is 0.358 e. The minimum Gasteiger partial charge on any atom is -0.358 e. The fourth-order valence-corrected chi connectivity index (χ4v) is 1.07. The molecule has 0 spiro atoms. The van der Waals surface area contributed by atoms with Crippen molar-refractivity contribution in [3.63, 3.8) is 0 Å². The summed E-state index contributed by atoms with van der Waals surface area (Å²) in [6, 6.07) is -0.433. The van der Waals surface area contributed by atoms with Gasteiger partial charge in [-0.3, -0.25) is 9.59 Å². The van der Waals surface area contributed by atoms with Crippen LogP contribution in [0.4, 0.5) is 0 Å². The molecule has 0 radical (unpaired) electrons. The lowest BCUT2D eigenvalue weighted by atomic mass is 10.1. The van der Waals surface area contributed by atoms with Crippen LogP contribution in [0.25, 0.3) is 0 Å². The maximum Gasteiger partial charge on any atom is 0.236 e. The van der Waals surface area contributed by atoms with Crippen LogP contribution >= 0.6 is 0 Å². The third kappa shape index (κ3) is 6.42. The van der Waals surface area contributed by atoms with Crippen molar-refractivity contribution < 1.29 is 9.59 Å². The van der Waals surface area contributed by atoms with E-state index in [1.807, 2.05) is 0 Å². The average molecular weight is 201 g/mol. The van der Waals surface area contributed by atoms with E-state index in [-0.39, 0.29) is 11.8 Å². The first-order valence-corrected chi connectivity index (χ1v) is 4.79. The fourth-order valence-electron chi connectivity index (χ4n) is 1.07. The van der Waals surface area contributed by atoms with Gasteiger partial charge in [-0.1, -0.05) is 0 Å². The monoisotopic (exact) mass is 201 g/mol. The zero-order valence-corrected chi connectivity index (χ0v) is 8.80. The molecule has 0 aromatic rings. The zero-order chi connectivity index (χ0) is 11.0. The van der Waals surface area contributed by atoms with Gasteiger partial charge in [-0.25, -0.2) is 0 Å². The number of nitrogens with one attached hydrogen (secondary N) is 2. The Kier molecular flexibility index (Phi) is 6.74. The molecular weight excluding hydrogens is 182 g/mol. The molecule has 0 rings (SSSR count). The standard InChI is InChI=1S/C9H19N3O2/c1-7(13)12-6-4-3-5-8(10)9(14)11-2/h8H,3-6,10H2,1-2H3,(H,11,14)(H,12,13)/t8-/m0/s1. The molecule has 82 valence electrons. The smallest absolute Gasteiger partial charge is 0.236 e. The van der Waals surface area contributed by atoms with E-state index in [0.29, 0.717) is 13.0 Å². The van der Waals surface area contributed by atoms with Crippen molar-refractivity contribution in [1.82, 2.24) is 10.6 Å². The zero-order valence-electron chi connectivity index (χ0n) is 8.80. The molecular formula is C9H19N3O2. The Bertz CT molecular complexity index is 194. The lowest BCUT2D eigenvalue weighted by Crippen LogP contribution is -2.38. The van der Waals surface area contributed by atoms with Crippen LogP contribution in [0.1, 0.15) is 26.2 Å². The molecule has 0 aliphatic rings. The van der Waals surface area contributed by atoms with Gasteiger partial charge in [0.25, 0.3) is 0 Å². The van der Waals surface area contributed by atoms with Crippen LogP contribution in [0.2, 0.25) is 0 Å². The molecule has 0 aliphatic carbocycles. The molecule has 0 unspecified atom stereocenters. The molecule has 2 amide bonds. The van der Waals surface area contributed by atoms with Crippen molar-refractivity contribution in [1.29, 1.82) is 0 Å². The molecule has 0 fully saturated rings. The predicted molar refractivity (Wildman–Crippen MR) is 54.6 cm³/mol. The molecule has 0 aromatic carbocycles. The third-order valence-corrected chi connectivity index (χ3v) is 1.90. The highest BCUT2D eigenvalue weighted by Crippen LogP contribution is 1.97. The third-order valence-electron chi connectivity index (χ3n) is 1.90. The van der Waals surface area contributed by atoms with Gasteiger partial charge in [0.15, 0.2) is 0 Å². The van der Waals surface area contributed by atoms with Gasteiger partial charge < -0.3 is 16.4 Å². The van der Waals surface area contributed by atoms with Crippen molar-refractivity contribution in [2.45, 2.75) is 32.2 Å². The van der Waals surface area contributed by atoms with Crippen molar-refractivity contribution in [3.8, 4) is 0 Å². The van der Waals surface area contributed by atoms with Gasteiger partial charge in [-0.15, -0.1) is 0 Å². The van der Waals surface area contributed by atoms with E-state index in [2.05, 4.69) is 10.6 Å². The summed E-state index contributed by atoms with van der Waals surface area (Å²) in [5.41, 5.74) is 5.57. The second-order valence-electron chi connectivity index (χ2n) is 3.20. The van der Waals surface area contributed by atoms with E-state index in [0.717, 1.165) is 12.8 Å². The van der Waals surface area contributed by atoms with Crippen LogP contribution < -0.4 is 16.4 Å². The van der Waals surface area contributed by atoms with Crippen LogP contribution in [0.15, 0.2) is 0 Å². The van der Waals surface area contributed by atoms with E-state index in [1.165, 1.54) is 6.92 Å². The van der Waals surface area contributed by atoms with Crippen LogP contribution in [0.5, 0.6) is 0 Å². The molecule has 14 heavy (non-hydrogen) atoms. The number of unbranched alkanes of at least 4 members (excludes halogenated alkanes) is 1. The van der Waals surface area contributed by atoms with Gasteiger partial charge in [0.1, 0.15) is 0 Å². The molecule has 1 atom stereocenters. The summed E-state index contributed by atoms with van der Waals surface area (Å²) in [6.07, 6.45) is 2.35. The van der Waals surface area contributed by atoms with E-state index in [4.69, 9.17) is 5.73 Å². The first-order chi connectivity index (χ1) is 6.57. The number of hydrogen-bond donors (Lipinski definition) is 3. The van der Waals surface area contributed by atoms with E-state index in [1.54, 1.807) is 7.05 Å². The van der Waals surface area contributed by atoms with Crippen LogP contribution in [0, 0.1) is 0 Å². The van der Waals surface area contributed by atoms with Crippen molar-refractivity contribution in [3.05, 3.63) is 0 Å². The maximum atomic E-state index is 11.0. The quantitative estimate of drug-likeness (QED) is 0.500. The Hall–Kier alpha value is -1.10. The van der Waals surface area contributed by atoms with Gasteiger partial charge in [-0.05, 0) is 19.3 Å². The summed E-state index contributed by atoms with van der Waals surface area (Å²) in [6.45, 7) is 2.13. The number of carbonyl (C=O) groups is 2. The lowest BCUT2D eigenvalue weighted by molar-refractivity contribution is -0.122. The molecule has 0 saturated heterocycles. The first kappa shape index (κ1) is 12.9.